The van der Waals surface area contributed by atoms with Crippen LogP contribution in [0.25, 0.3) is 0 Å². The lowest BCUT2D eigenvalue weighted by atomic mass is 9.88. The first-order chi connectivity index (χ1) is 7.21. The Hall–Kier alpha value is -1.56. The highest BCUT2D eigenvalue weighted by molar-refractivity contribution is 6.16. The average molecular weight is 228 g/mol. The first-order valence-electron chi connectivity index (χ1n) is 4.75. The topological polar surface area (TPSA) is 97.5 Å². The summed E-state index contributed by atoms with van der Waals surface area (Å²) < 4.78 is 0. The van der Waals surface area contributed by atoms with Gasteiger partial charge in [-0.05, 0) is 13.8 Å². The molecule has 90 valence electrons. The molecular formula is C10H16N2O4. The van der Waals surface area contributed by atoms with Crippen molar-refractivity contribution in [3.8, 4) is 0 Å². The number of amides is 2. The summed E-state index contributed by atoms with van der Waals surface area (Å²) in [6.07, 6.45) is 0. The summed E-state index contributed by atoms with van der Waals surface area (Å²) >= 11 is 0. The van der Waals surface area contributed by atoms with Gasteiger partial charge in [-0.3, -0.25) is 24.1 Å². The molecule has 0 unspecified atom stereocenters. The van der Waals surface area contributed by atoms with Gasteiger partial charge >= 0.3 is 0 Å². The van der Waals surface area contributed by atoms with Crippen LogP contribution in [0, 0.1) is 0 Å². The van der Waals surface area contributed by atoms with Gasteiger partial charge in [0.15, 0.2) is 17.1 Å². The molecule has 6 heteroatoms. The van der Waals surface area contributed by atoms with E-state index in [1.165, 1.54) is 0 Å². The molecule has 0 bridgehead atoms. The number of rotatable bonds is 4. The van der Waals surface area contributed by atoms with Crippen molar-refractivity contribution in [3.63, 3.8) is 0 Å². The van der Waals surface area contributed by atoms with Gasteiger partial charge in [-0.2, -0.15) is 0 Å². The van der Waals surface area contributed by atoms with E-state index in [9.17, 15) is 19.2 Å². The summed E-state index contributed by atoms with van der Waals surface area (Å²) in [6, 6.07) is 0. The summed E-state index contributed by atoms with van der Waals surface area (Å²) in [5, 5.41) is 0. The molecular weight excluding hydrogens is 212 g/mol. The molecule has 0 saturated carbocycles. The number of ketones is 2. The molecule has 0 aliphatic heterocycles. The Morgan fingerprint density at radius 1 is 0.938 bits per heavy atom. The Morgan fingerprint density at radius 2 is 1.25 bits per heavy atom. The van der Waals surface area contributed by atoms with Crippen molar-refractivity contribution < 1.29 is 19.2 Å². The van der Waals surface area contributed by atoms with Gasteiger partial charge in [-0.1, -0.05) is 0 Å². The summed E-state index contributed by atoms with van der Waals surface area (Å²) in [7, 11) is 0. The number of carbonyl (C=O) groups is 4. The third kappa shape index (κ3) is 2.16. The number of imide groups is 1. The van der Waals surface area contributed by atoms with Crippen molar-refractivity contribution in [1.82, 2.24) is 4.90 Å². The summed E-state index contributed by atoms with van der Waals surface area (Å²) in [5.41, 5.74) is 3.53. The second-order valence-electron chi connectivity index (χ2n) is 3.55. The normalized spacial score (nSPS) is 10.8. The van der Waals surface area contributed by atoms with E-state index in [2.05, 4.69) is 0 Å². The van der Waals surface area contributed by atoms with Gasteiger partial charge in [0.05, 0.1) is 0 Å². The molecule has 0 aromatic rings. The van der Waals surface area contributed by atoms with Gasteiger partial charge in [-0.25, -0.2) is 0 Å². The van der Waals surface area contributed by atoms with E-state index in [4.69, 9.17) is 5.73 Å². The first-order valence-corrected chi connectivity index (χ1v) is 4.75. The molecule has 0 rings (SSSR count). The monoisotopic (exact) mass is 228 g/mol. The van der Waals surface area contributed by atoms with E-state index in [1.807, 2.05) is 0 Å². The molecule has 0 aliphatic carbocycles. The van der Waals surface area contributed by atoms with Gasteiger partial charge in [0.25, 0.3) is 0 Å². The molecule has 0 aromatic carbocycles. The molecule has 0 heterocycles. The Balaban J connectivity index is 5.81. The van der Waals surface area contributed by atoms with Crippen LogP contribution in [0.2, 0.25) is 0 Å². The zero-order chi connectivity index (χ0) is 13.1. The molecule has 0 atom stereocenters. The fourth-order valence-electron chi connectivity index (χ4n) is 1.70. The molecule has 6 nitrogen and oxygen atoms in total. The van der Waals surface area contributed by atoms with Crippen molar-refractivity contribution in [1.29, 1.82) is 0 Å². The zero-order valence-corrected chi connectivity index (χ0v) is 9.86. The van der Waals surface area contributed by atoms with E-state index in [0.29, 0.717) is 4.90 Å². The number of hydrogen-bond donors (Lipinski definition) is 1. The second-order valence-corrected chi connectivity index (χ2v) is 3.55. The highest BCUT2D eigenvalue weighted by atomic mass is 16.2. The van der Waals surface area contributed by atoms with Crippen molar-refractivity contribution in [3.05, 3.63) is 0 Å². The molecule has 0 aromatic heterocycles. The Kier molecular flexibility index (Phi) is 4.49. The van der Waals surface area contributed by atoms with Gasteiger partial charge < -0.3 is 5.73 Å². The number of nitrogens with zero attached hydrogens (tertiary/aromatic N) is 1. The lowest BCUT2D eigenvalue weighted by Gasteiger charge is -2.36. The highest BCUT2D eigenvalue weighted by Gasteiger charge is 2.48. The SMILES string of the molecule is CC(=O)N(C(C)=O)C(CN)(C(C)=O)C(C)=O. The number of nitrogens with two attached hydrogens (primary N) is 1. The predicted molar refractivity (Wildman–Crippen MR) is 56.3 cm³/mol. The summed E-state index contributed by atoms with van der Waals surface area (Å²) in [4.78, 5) is 46.4. The maximum Gasteiger partial charge on any atom is 0.227 e. The van der Waals surface area contributed by atoms with Crippen LogP contribution in [0.4, 0.5) is 0 Å². The van der Waals surface area contributed by atoms with Crippen LogP contribution < -0.4 is 5.73 Å². The van der Waals surface area contributed by atoms with E-state index in [-0.39, 0.29) is 0 Å². The fourth-order valence-corrected chi connectivity index (χ4v) is 1.70. The van der Waals surface area contributed by atoms with E-state index >= 15 is 0 Å². The van der Waals surface area contributed by atoms with Crippen molar-refractivity contribution >= 4 is 23.4 Å². The van der Waals surface area contributed by atoms with Crippen LogP contribution in [-0.2, 0) is 19.2 Å². The van der Waals surface area contributed by atoms with Crippen LogP contribution in [0.5, 0.6) is 0 Å². The predicted octanol–water partition coefficient (Wildman–Crippen LogP) is -0.743. The van der Waals surface area contributed by atoms with Crippen LogP contribution in [-0.4, -0.2) is 40.4 Å². The molecule has 0 spiro atoms. The number of carbonyl (C=O) groups excluding carboxylic acids is 4. The number of Topliss-reactive ketones (excluding diaryl/α,β-unsaturated/α-hetero) is 2. The molecule has 0 radical (unpaired) electrons. The Labute approximate surface area is 93.8 Å². The minimum atomic E-state index is -1.86. The van der Waals surface area contributed by atoms with E-state index in [1.54, 1.807) is 0 Å². The minimum Gasteiger partial charge on any atom is -0.327 e. The zero-order valence-electron chi connectivity index (χ0n) is 9.86. The second kappa shape index (κ2) is 4.98. The Morgan fingerprint density at radius 3 is 1.31 bits per heavy atom. The van der Waals surface area contributed by atoms with Crippen molar-refractivity contribution in [2.45, 2.75) is 33.2 Å². The minimum absolute atomic E-state index is 0.406. The molecule has 0 fully saturated rings. The average Bonchev–Trinajstić information content (AvgIpc) is 2.10. The lowest BCUT2D eigenvalue weighted by molar-refractivity contribution is -0.159. The van der Waals surface area contributed by atoms with Crippen LogP contribution in [0.3, 0.4) is 0 Å². The van der Waals surface area contributed by atoms with Gasteiger partial charge in [-0.15, -0.1) is 0 Å². The van der Waals surface area contributed by atoms with Crippen LogP contribution in [0.15, 0.2) is 0 Å². The standard InChI is InChI=1S/C10H16N2O4/c1-6(13)10(5-11,7(2)14)12(8(3)15)9(4)16/h5,11H2,1-4H3. The maximum absolute atomic E-state index is 11.5. The Bertz CT molecular complexity index is 321. The number of hydrogen-bond acceptors (Lipinski definition) is 5. The van der Waals surface area contributed by atoms with Crippen LogP contribution in [0.1, 0.15) is 27.7 Å². The maximum atomic E-state index is 11.5. The highest BCUT2D eigenvalue weighted by Crippen LogP contribution is 2.18. The molecule has 0 saturated heterocycles. The van der Waals surface area contributed by atoms with Gasteiger partial charge in [0.2, 0.25) is 11.8 Å². The van der Waals surface area contributed by atoms with Crippen molar-refractivity contribution in [2.75, 3.05) is 6.54 Å². The third-order valence-electron chi connectivity index (χ3n) is 2.47. The van der Waals surface area contributed by atoms with Gasteiger partial charge in [0.1, 0.15) is 0 Å². The molecule has 2 N–H and O–H groups in total. The van der Waals surface area contributed by atoms with E-state index in [0.717, 1.165) is 27.7 Å². The molecule has 16 heavy (non-hydrogen) atoms. The molecule has 2 amide bonds. The fraction of sp³-hybridized carbons (Fsp3) is 0.600. The smallest absolute Gasteiger partial charge is 0.227 e. The van der Waals surface area contributed by atoms with Gasteiger partial charge in [0, 0.05) is 20.4 Å². The third-order valence-corrected chi connectivity index (χ3v) is 2.47. The lowest BCUT2D eigenvalue weighted by Crippen LogP contribution is -2.65. The van der Waals surface area contributed by atoms with E-state index < -0.39 is 35.5 Å². The van der Waals surface area contributed by atoms with Crippen LogP contribution >= 0.6 is 0 Å². The largest absolute Gasteiger partial charge is 0.327 e. The molecule has 0 aliphatic rings. The summed E-state index contributed by atoms with van der Waals surface area (Å²) in [6.45, 7) is 4.08. The first kappa shape index (κ1) is 14.4. The quantitative estimate of drug-likeness (QED) is 0.639. The van der Waals surface area contributed by atoms with Crippen molar-refractivity contribution in [2.24, 2.45) is 5.73 Å². The summed E-state index contributed by atoms with van der Waals surface area (Å²) in [5.74, 6) is -2.59.